The van der Waals surface area contributed by atoms with Gasteiger partial charge in [-0.05, 0) is 51.2 Å². The van der Waals surface area contributed by atoms with Crippen molar-refractivity contribution in [3.05, 3.63) is 47.3 Å². The number of aryl methyl sites for hydroxylation is 1. The number of imidazole rings is 1. The third-order valence-corrected chi connectivity index (χ3v) is 5.50. The number of fused-ring (bicyclic) bond motifs is 1. The van der Waals surface area contributed by atoms with Crippen LogP contribution in [-0.4, -0.2) is 20.6 Å². The maximum Gasteiger partial charge on any atom is 0.177 e. The number of nitrogens with zero attached hydrogens (tertiary/aromatic N) is 3. The van der Waals surface area contributed by atoms with E-state index in [9.17, 15) is 0 Å². The van der Waals surface area contributed by atoms with Gasteiger partial charge in [-0.1, -0.05) is 18.2 Å². The van der Waals surface area contributed by atoms with Gasteiger partial charge in [0.2, 0.25) is 0 Å². The molecule has 1 saturated carbocycles. The fraction of sp³-hybridized carbons (Fsp3) is 0.400. The van der Waals surface area contributed by atoms with Crippen LogP contribution in [0.3, 0.4) is 0 Å². The zero-order chi connectivity index (χ0) is 18.3. The Bertz CT molecular complexity index is 937. The number of rotatable bonds is 3. The number of anilines is 3. The Balaban J connectivity index is 1.76. The largest absolute Gasteiger partial charge is 0.382 e. The van der Waals surface area contributed by atoms with Crippen LogP contribution in [0.1, 0.15) is 48.4 Å². The second kappa shape index (κ2) is 6.61. The summed E-state index contributed by atoms with van der Waals surface area (Å²) in [6.07, 6.45) is 6.30. The second-order valence-electron chi connectivity index (χ2n) is 7.37. The summed E-state index contributed by atoms with van der Waals surface area (Å²) in [5, 5.41) is 8.02. The summed E-state index contributed by atoms with van der Waals surface area (Å²) in [5.74, 6) is 0.965. The van der Waals surface area contributed by atoms with Crippen molar-refractivity contribution in [2.45, 2.75) is 51.5 Å². The third kappa shape index (κ3) is 3.01. The van der Waals surface area contributed by atoms with Gasteiger partial charge in [0.25, 0.3) is 0 Å². The van der Waals surface area contributed by atoms with E-state index in [-0.39, 0.29) is 0 Å². The molecule has 3 aromatic rings. The number of hydrogen-bond acceptors (Lipinski definition) is 5. The van der Waals surface area contributed by atoms with Crippen LogP contribution >= 0.6 is 0 Å². The third-order valence-electron chi connectivity index (χ3n) is 5.50. The molecule has 26 heavy (non-hydrogen) atoms. The number of aromatic nitrogens is 3. The van der Waals surface area contributed by atoms with E-state index in [4.69, 9.17) is 16.5 Å². The zero-order valence-electron chi connectivity index (χ0n) is 15.4. The highest BCUT2D eigenvalue weighted by molar-refractivity contribution is 5.80. The quantitative estimate of drug-likeness (QED) is 0.670. The standard InChI is InChI=1S/C20H26N6/c1-12-5-3-4-6-16(12)23-18-13(2)19(22)25-26-11-17(24-20(18)26)14-7-9-15(21)10-8-14/h3-6,11,14-15,23H,7-10,21H2,1-2H3,(H2,22,25)/t14-,15-. The minimum absolute atomic E-state index is 0.331. The molecule has 4 rings (SSSR count). The highest BCUT2D eigenvalue weighted by Gasteiger charge is 2.24. The Labute approximate surface area is 153 Å². The van der Waals surface area contributed by atoms with Crippen molar-refractivity contribution in [3.8, 4) is 0 Å². The van der Waals surface area contributed by atoms with Crippen LogP contribution in [0.2, 0.25) is 0 Å². The Hall–Kier alpha value is -2.60. The average Bonchev–Trinajstić information content (AvgIpc) is 3.04. The van der Waals surface area contributed by atoms with Gasteiger partial charge >= 0.3 is 0 Å². The normalized spacial score (nSPS) is 20.4. The molecule has 0 atom stereocenters. The molecule has 2 aromatic heterocycles. The summed E-state index contributed by atoms with van der Waals surface area (Å²) in [4.78, 5) is 4.93. The maximum absolute atomic E-state index is 6.17. The molecule has 0 radical (unpaired) electrons. The summed E-state index contributed by atoms with van der Waals surface area (Å²) >= 11 is 0. The first-order valence-corrected chi connectivity index (χ1v) is 9.26. The maximum atomic E-state index is 6.17. The highest BCUT2D eigenvalue weighted by atomic mass is 15.3. The Kier molecular flexibility index (Phi) is 4.28. The molecule has 1 aliphatic carbocycles. The SMILES string of the molecule is Cc1ccccc1Nc1c(C)c(N)nn2cc([C@H]3CC[C@H](N)CC3)nc12. The minimum atomic E-state index is 0.331. The number of nitrogen functional groups attached to an aromatic ring is 1. The first-order chi connectivity index (χ1) is 12.5. The molecule has 0 aliphatic heterocycles. The van der Waals surface area contributed by atoms with Crippen LogP contribution in [0.15, 0.2) is 30.5 Å². The first kappa shape index (κ1) is 16.8. The van der Waals surface area contributed by atoms with Gasteiger partial charge in [0, 0.05) is 23.2 Å². The number of para-hydroxylation sites is 1. The molecule has 6 nitrogen and oxygen atoms in total. The smallest absolute Gasteiger partial charge is 0.177 e. The van der Waals surface area contributed by atoms with Crippen molar-refractivity contribution < 1.29 is 0 Å². The molecule has 5 N–H and O–H groups in total. The number of benzene rings is 1. The van der Waals surface area contributed by atoms with Crippen molar-refractivity contribution in [1.82, 2.24) is 14.6 Å². The van der Waals surface area contributed by atoms with E-state index >= 15 is 0 Å². The molecule has 0 amide bonds. The first-order valence-electron chi connectivity index (χ1n) is 9.26. The van der Waals surface area contributed by atoms with Crippen LogP contribution in [0, 0.1) is 13.8 Å². The molecule has 0 saturated heterocycles. The summed E-state index contributed by atoms with van der Waals surface area (Å²) < 4.78 is 1.81. The van der Waals surface area contributed by atoms with Crippen LogP contribution in [0.25, 0.3) is 5.65 Å². The molecular formula is C20H26N6. The Morgan fingerprint density at radius 3 is 2.58 bits per heavy atom. The van der Waals surface area contributed by atoms with Crippen molar-refractivity contribution in [1.29, 1.82) is 0 Å². The molecule has 0 bridgehead atoms. The lowest BCUT2D eigenvalue weighted by Crippen LogP contribution is -2.25. The number of hydrogen-bond donors (Lipinski definition) is 3. The van der Waals surface area contributed by atoms with Crippen LogP contribution in [-0.2, 0) is 0 Å². The Morgan fingerprint density at radius 1 is 1.12 bits per heavy atom. The molecule has 1 fully saturated rings. The van der Waals surface area contributed by atoms with Gasteiger partial charge in [-0.3, -0.25) is 0 Å². The van der Waals surface area contributed by atoms with E-state index in [0.29, 0.717) is 17.8 Å². The van der Waals surface area contributed by atoms with Crippen molar-refractivity contribution >= 4 is 22.8 Å². The molecule has 2 heterocycles. The van der Waals surface area contributed by atoms with E-state index in [2.05, 4.69) is 29.5 Å². The number of nitrogens with two attached hydrogens (primary N) is 2. The fourth-order valence-electron chi connectivity index (χ4n) is 3.73. The van der Waals surface area contributed by atoms with Crippen LogP contribution in [0.5, 0.6) is 0 Å². The molecule has 0 spiro atoms. The van der Waals surface area contributed by atoms with Gasteiger partial charge in [-0.25, -0.2) is 9.50 Å². The molecule has 1 aromatic carbocycles. The topological polar surface area (TPSA) is 94.3 Å². The molecule has 6 heteroatoms. The minimum Gasteiger partial charge on any atom is -0.382 e. The zero-order valence-corrected chi connectivity index (χ0v) is 15.4. The van der Waals surface area contributed by atoms with Gasteiger partial charge in [0.05, 0.1) is 17.6 Å². The van der Waals surface area contributed by atoms with E-state index in [1.165, 1.54) is 5.56 Å². The molecule has 1 aliphatic rings. The monoisotopic (exact) mass is 350 g/mol. The summed E-state index contributed by atoms with van der Waals surface area (Å²) in [5.41, 5.74) is 18.2. The van der Waals surface area contributed by atoms with Crippen molar-refractivity contribution in [3.63, 3.8) is 0 Å². The molecule has 0 unspecified atom stereocenters. The lowest BCUT2D eigenvalue weighted by atomic mass is 9.85. The Morgan fingerprint density at radius 2 is 1.85 bits per heavy atom. The van der Waals surface area contributed by atoms with E-state index in [1.54, 1.807) is 0 Å². The lowest BCUT2D eigenvalue weighted by Gasteiger charge is -2.24. The molecule has 136 valence electrons. The second-order valence-corrected chi connectivity index (χ2v) is 7.37. The lowest BCUT2D eigenvalue weighted by molar-refractivity contribution is 0.391. The summed E-state index contributed by atoms with van der Waals surface area (Å²) in [6.45, 7) is 4.07. The van der Waals surface area contributed by atoms with Gasteiger partial charge in [-0.15, -0.1) is 5.10 Å². The summed E-state index contributed by atoms with van der Waals surface area (Å²) in [6, 6.07) is 8.54. The summed E-state index contributed by atoms with van der Waals surface area (Å²) in [7, 11) is 0. The highest BCUT2D eigenvalue weighted by Crippen LogP contribution is 2.34. The van der Waals surface area contributed by atoms with Crippen LogP contribution < -0.4 is 16.8 Å². The predicted octanol–water partition coefficient (Wildman–Crippen LogP) is 3.66. The predicted molar refractivity (Wildman–Crippen MR) is 106 cm³/mol. The van der Waals surface area contributed by atoms with E-state index in [0.717, 1.165) is 54.0 Å². The van der Waals surface area contributed by atoms with E-state index in [1.807, 2.05) is 29.8 Å². The van der Waals surface area contributed by atoms with Gasteiger partial charge in [-0.2, -0.15) is 0 Å². The average molecular weight is 350 g/mol. The van der Waals surface area contributed by atoms with Gasteiger partial charge in [0.1, 0.15) is 5.82 Å². The number of nitrogens with one attached hydrogen (secondary N) is 1. The van der Waals surface area contributed by atoms with Gasteiger partial charge < -0.3 is 16.8 Å². The molecular weight excluding hydrogens is 324 g/mol. The van der Waals surface area contributed by atoms with E-state index < -0.39 is 0 Å². The van der Waals surface area contributed by atoms with Crippen molar-refractivity contribution in [2.75, 3.05) is 11.1 Å². The fourth-order valence-corrected chi connectivity index (χ4v) is 3.73. The van der Waals surface area contributed by atoms with Gasteiger partial charge in [0.15, 0.2) is 5.65 Å². The van der Waals surface area contributed by atoms with Crippen molar-refractivity contribution in [2.24, 2.45) is 5.73 Å². The van der Waals surface area contributed by atoms with Crippen LogP contribution in [0.4, 0.5) is 17.2 Å².